The second-order valence-corrected chi connectivity index (χ2v) is 10.0. The maximum atomic E-state index is 13.5. The molecule has 40 heavy (non-hydrogen) atoms. The van der Waals surface area contributed by atoms with Crippen molar-refractivity contribution in [3.8, 4) is 11.5 Å². The number of hydrogen-bond acceptors (Lipinski definition) is 4. The Morgan fingerprint density at radius 1 is 0.650 bits per heavy atom. The molecule has 0 aromatic heterocycles. The molecule has 7 heteroatoms. The van der Waals surface area contributed by atoms with E-state index < -0.39 is 11.1 Å². The molecule has 1 unspecified atom stereocenters. The van der Waals surface area contributed by atoms with E-state index in [-0.39, 0.29) is 11.8 Å². The summed E-state index contributed by atoms with van der Waals surface area (Å²) < 4.78 is 19.1. The van der Waals surface area contributed by atoms with Crippen molar-refractivity contribution < 1.29 is 18.7 Å². The number of anilines is 2. The largest absolute Gasteiger partial charge is 0.457 e. The van der Waals surface area contributed by atoms with Crippen LogP contribution in [0, 0.1) is 5.82 Å². The van der Waals surface area contributed by atoms with Crippen molar-refractivity contribution in [3.63, 3.8) is 0 Å². The van der Waals surface area contributed by atoms with Crippen LogP contribution >= 0.6 is 11.8 Å². The maximum Gasteiger partial charge on any atom is 0.255 e. The fraction of sp³-hybridized carbons (Fsp3) is 0.0303. The Hall–Kier alpha value is -4.88. The highest BCUT2D eigenvalue weighted by molar-refractivity contribution is 8.00. The highest BCUT2D eigenvalue weighted by atomic mass is 32.2. The van der Waals surface area contributed by atoms with Gasteiger partial charge in [0.05, 0.1) is 0 Å². The number of amides is 2. The number of carbonyl (C=O) groups excluding carboxylic acids is 2. The molecule has 0 spiro atoms. The number of benzene rings is 5. The third kappa shape index (κ3) is 7.15. The zero-order valence-corrected chi connectivity index (χ0v) is 22.1. The molecule has 0 aliphatic heterocycles. The van der Waals surface area contributed by atoms with Crippen LogP contribution in [0.4, 0.5) is 15.8 Å². The smallest absolute Gasteiger partial charge is 0.255 e. The van der Waals surface area contributed by atoms with Gasteiger partial charge in [0, 0.05) is 21.8 Å². The molecule has 1 atom stereocenters. The number of nitrogens with one attached hydrogen (secondary N) is 2. The monoisotopic (exact) mass is 548 g/mol. The predicted molar refractivity (Wildman–Crippen MR) is 157 cm³/mol. The Balaban J connectivity index is 1.29. The first-order valence-corrected chi connectivity index (χ1v) is 13.4. The fourth-order valence-electron chi connectivity index (χ4n) is 3.93. The molecular formula is C33H25FN2O3S. The van der Waals surface area contributed by atoms with Gasteiger partial charge in [-0.1, -0.05) is 54.6 Å². The molecule has 0 aliphatic carbocycles. The molecule has 0 bridgehead atoms. The van der Waals surface area contributed by atoms with E-state index in [4.69, 9.17) is 4.74 Å². The quantitative estimate of drug-likeness (QED) is 0.182. The molecule has 2 N–H and O–H groups in total. The Labute approximate surface area is 236 Å². The summed E-state index contributed by atoms with van der Waals surface area (Å²) in [7, 11) is 0. The van der Waals surface area contributed by atoms with Crippen LogP contribution in [0.1, 0.15) is 21.2 Å². The molecule has 5 aromatic carbocycles. The minimum absolute atomic E-state index is 0.186. The second-order valence-electron chi connectivity index (χ2n) is 8.83. The van der Waals surface area contributed by atoms with Crippen molar-refractivity contribution in [2.24, 2.45) is 0 Å². The van der Waals surface area contributed by atoms with Crippen molar-refractivity contribution in [2.45, 2.75) is 10.1 Å². The number of halogens is 1. The molecule has 5 rings (SSSR count). The van der Waals surface area contributed by atoms with Gasteiger partial charge < -0.3 is 15.4 Å². The van der Waals surface area contributed by atoms with Crippen molar-refractivity contribution in [3.05, 3.63) is 150 Å². The van der Waals surface area contributed by atoms with Crippen molar-refractivity contribution >= 4 is 35.0 Å². The summed E-state index contributed by atoms with van der Waals surface area (Å²) in [5.41, 5.74) is 2.41. The second kappa shape index (κ2) is 12.8. The molecule has 0 heterocycles. The summed E-state index contributed by atoms with van der Waals surface area (Å²) in [6.07, 6.45) is 0. The first kappa shape index (κ1) is 26.7. The molecular weight excluding hydrogens is 523 g/mol. The molecule has 198 valence electrons. The first-order valence-electron chi connectivity index (χ1n) is 12.6. The summed E-state index contributed by atoms with van der Waals surface area (Å²) in [6.45, 7) is 0. The van der Waals surface area contributed by atoms with Gasteiger partial charge in [-0.15, -0.1) is 11.8 Å². The number of rotatable bonds is 9. The number of carbonyl (C=O) groups is 2. The zero-order valence-electron chi connectivity index (χ0n) is 21.3. The topological polar surface area (TPSA) is 67.4 Å². The highest BCUT2D eigenvalue weighted by Gasteiger charge is 2.22. The Morgan fingerprint density at radius 2 is 1.30 bits per heavy atom. The van der Waals surface area contributed by atoms with Crippen LogP contribution in [-0.2, 0) is 4.79 Å². The number of ether oxygens (including phenoxy) is 1. The van der Waals surface area contributed by atoms with E-state index in [2.05, 4.69) is 10.6 Å². The van der Waals surface area contributed by atoms with Gasteiger partial charge in [0.15, 0.2) is 0 Å². The molecule has 0 aliphatic rings. The number of thioether (sulfide) groups is 1. The van der Waals surface area contributed by atoms with Gasteiger partial charge in [-0.3, -0.25) is 9.59 Å². The van der Waals surface area contributed by atoms with Crippen LogP contribution in [-0.4, -0.2) is 11.8 Å². The van der Waals surface area contributed by atoms with Crippen molar-refractivity contribution in [1.82, 2.24) is 0 Å². The van der Waals surface area contributed by atoms with Gasteiger partial charge in [0.2, 0.25) is 5.91 Å². The average Bonchev–Trinajstić information content (AvgIpc) is 2.98. The Morgan fingerprint density at radius 3 is 2.00 bits per heavy atom. The lowest BCUT2D eigenvalue weighted by Crippen LogP contribution is -2.19. The van der Waals surface area contributed by atoms with Gasteiger partial charge in [0.25, 0.3) is 5.91 Å². The molecule has 0 fully saturated rings. The van der Waals surface area contributed by atoms with Crippen LogP contribution in [0.15, 0.2) is 138 Å². The van der Waals surface area contributed by atoms with Crippen LogP contribution in [0.2, 0.25) is 0 Å². The van der Waals surface area contributed by atoms with E-state index in [9.17, 15) is 14.0 Å². The van der Waals surface area contributed by atoms with Gasteiger partial charge in [-0.25, -0.2) is 4.39 Å². The standard InChI is InChI=1S/C33H25FN2O3S/c34-25-16-14-24(15-17-25)32(37)36-27-10-7-13-30(22-27)40-31(23-8-3-1-4-9-23)33(38)35-26-18-20-29(21-19-26)39-28-11-5-2-6-12-28/h1-22,31H,(H,35,38)(H,36,37). The van der Waals surface area contributed by atoms with Crippen LogP contribution in [0.3, 0.4) is 0 Å². The molecule has 0 saturated carbocycles. The van der Waals surface area contributed by atoms with Gasteiger partial charge in [-0.05, 0) is 84.4 Å². The predicted octanol–water partition coefficient (Wildman–Crippen LogP) is 8.34. The van der Waals surface area contributed by atoms with Gasteiger partial charge in [0.1, 0.15) is 22.6 Å². The third-order valence-electron chi connectivity index (χ3n) is 5.89. The maximum absolute atomic E-state index is 13.5. The molecule has 5 aromatic rings. The fourth-order valence-corrected chi connectivity index (χ4v) is 5.01. The van der Waals surface area contributed by atoms with E-state index >= 15 is 0 Å². The number of hydrogen-bond donors (Lipinski definition) is 2. The Kier molecular flexibility index (Phi) is 8.53. The van der Waals surface area contributed by atoms with Gasteiger partial charge in [-0.2, -0.15) is 0 Å². The molecule has 5 nitrogen and oxygen atoms in total. The van der Waals surface area contributed by atoms with Crippen molar-refractivity contribution in [2.75, 3.05) is 10.6 Å². The van der Waals surface area contributed by atoms with E-state index in [0.29, 0.717) is 22.7 Å². The molecule has 0 saturated heterocycles. The van der Waals surface area contributed by atoms with E-state index in [1.807, 2.05) is 78.9 Å². The van der Waals surface area contributed by atoms with E-state index in [1.165, 1.54) is 36.0 Å². The lowest BCUT2D eigenvalue weighted by molar-refractivity contribution is -0.115. The SMILES string of the molecule is O=C(Nc1cccc(SC(C(=O)Nc2ccc(Oc3ccccc3)cc2)c2ccccc2)c1)c1ccc(F)cc1. The van der Waals surface area contributed by atoms with E-state index in [0.717, 1.165) is 16.2 Å². The van der Waals surface area contributed by atoms with Crippen LogP contribution in [0.5, 0.6) is 11.5 Å². The lowest BCUT2D eigenvalue weighted by atomic mass is 10.1. The third-order valence-corrected chi connectivity index (χ3v) is 7.14. The van der Waals surface area contributed by atoms with Crippen molar-refractivity contribution in [1.29, 1.82) is 0 Å². The number of para-hydroxylation sites is 1. The molecule has 0 radical (unpaired) electrons. The first-order chi connectivity index (χ1) is 19.5. The average molecular weight is 549 g/mol. The summed E-state index contributed by atoms with van der Waals surface area (Å²) >= 11 is 1.38. The summed E-state index contributed by atoms with van der Waals surface area (Å²) in [5, 5.41) is 5.29. The van der Waals surface area contributed by atoms with Crippen LogP contribution in [0.25, 0.3) is 0 Å². The normalized spacial score (nSPS) is 11.3. The molecule has 2 amide bonds. The lowest BCUT2D eigenvalue weighted by Gasteiger charge is -2.18. The zero-order chi connectivity index (χ0) is 27.7. The highest BCUT2D eigenvalue weighted by Crippen LogP contribution is 2.37. The summed E-state index contributed by atoms with van der Waals surface area (Å²) in [4.78, 5) is 26.9. The minimum Gasteiger partial charge on any atom is -0.457 e. The van der Waals surface area contributed by atoms with Gasteiger partial charge >= 0.3 is 0 Å². The Bertz CT molecular complexity index is 1580. The summed E-state index contributed by atoms with van der Waals surface area (Å²) in [5.74, 6) is 0.457. The van der Waals surface area contributed by atoms with Crippen LogP contribution < -0.4 is 15.4 Å². The minimum atomic E-state index is -0.551. The summed E-state index contributed by atoms with van der Waals surface area (Å²) in [6, 6.07) is 38.8. The van der Waals surface area contributed by atoms with E-state index in [1.54, 1.807) is 30.3 Å².